The minimum Gasteiger partial charge on any atom is -0.462 e. The van der Waals surface area contributed by atoms with Crippen LogP contribution in [-0.2, 0) is 14.3 Å². The highest BCUT2D eigenvalue weighted by molar-refractivity contribution is 8.26. The van der Waals surface area contributed by atoms with Crippen LogP contribution in [0.1, 0.15) is 48.5 Å². The van der Waals surface area contributed by atoms with E-state index in [1.165, 1.54) is 16.7 Å². The fourth-order valence-corrected chi connectivity index (χ4v) is 4.54. The molecule has 0 unspecified atom stereocenters. The number of anilines is 1. The van der Waals surface area contributed by atoms with Crippen LogP contribution in [0, 0.1) is 0 Å². The van der Waals surface area contributed by atoms with Crippen molar-refractivity contribution in [2.75, 3.05) is 18.5 Å². The van der Waals surface area contributed by atoms with E-state index in [0.717, 1.165) is 18.4 Å². The van der Waals surface area contributed by atoms with E-state index in [1.807, 2.05) is 19.1 Å². The summed E-state index contributed by atoms with van der Waals surface area (Å²) in [5.41, 5.74) is 1.89. The van der Waals surface area contributed by atoms with Crippen LogP contribution in [0.4, 0.5) is 5.69 Å². The molecule has 2 aromatic carbocycles. The lowest BCUT2D eigenvalue weighted by Gasteiger charge is -2.14. The van der Waals surface area contributed by atoms with E-state index < -0.39 is 0 Å². The third-order valence-corrected chi connectivity index (χ3v) is 6.59. The second-order valence-electron chi connectivity index (χ2n) is 7.60. The first kappa shape index (κ1) is 25.9. The van der Waals surface area contributed by atoms with E-state index in [9.17, 15) is 14.4 Å². The van der Waals surface area contributed by atoms with Crippen molar-refractivity contribution >= 4 is 69.4 Å². The molecule has 0 bridgehead atoms. The molecule has 0 spiro atoms. The monoisotopic (exact) mass is 516 g/mol. The highest BCUT2D eigenvalue weighted by atomic mass is 35.5. The molecule has 178 valence electrons. The van der Waals surface area contributed by atoms with Gasteiger partial charge in [0.15, 0.2) is 0 Å². The van der Waals surface area contributed by atoms with Gasteiger partial charge >= 0.3 is 5.97 Å². The molecule has 1 saturated heterocycles. The van der Waals surface area contributed by atoms with Crippen molar-refractivity contribution < 1.29 is 19.1 Å². The van der Waals surface area contributed by atoms with Gasteiger partial charge < -0.3 is 10.1 Å². The number of esters is 1. The van der Waals surface area contributed by atoms with Crippen LogP contribution < -0.4 is 5.32 Å². The molecule has 2 amide bonds. The first-order valence-corrected chi connectivity index (χ1v) is 12.6. The number of carbonyl (C=O) groups is 3. The van der Waals surface area contributed by atoms with E-state index in [2.05, 4.69) is 5.32 Å². The van der Waals surface area contributed by atoms with Crippen LogP contribution in [-0.4, -0.2) is 40.2 Å². The van der Waals surface area contributed by atoms with Gasteiger partial charge in [-0.25, -0.2) is 4.79 Å². The summed E-state index contributed by atoms with van der Waals surface area (Å²) in [5.74, 6) is -0.716. The second-order valence-corrected chi connectivity index (χ2v) is 9.72. The molecule has 3 rings (SSSR count). The molecule has 1 heterocycles. The summed E-state index contributed by atoms with van der Waals surface area (Å²) < 4.78 is 5.65. The first-order chi connectivity index (χ1) is 16.4. The standard InChI is InChI=1S/C25H25ClN2O4S2/c1-2-3-15-32-24(31)18-8-12-20(13-9-18)27-22(29)5-4-14-28-23(30)21(34-25(28)33)16-17-6-10-19(26)11-7-17/h6-13,16H,2-5,14-15H2,1H3,(H,27,29)/b21-16-. The number of nitrogens with zero attached hydrogens (tertiary/aromatic N) is 1. The zero-order valence-corrected chi connectivity index (χ0v) is 21.1. The van der Waals surface area contributed by atoms with Crippen molar-refractivity contribution in [2.24, 2.45) is 0 Å². The number of ether oxygens (including phenoxy) is 1. The van der Waals surface area contributed by atoms with Gasteiger partial charge in [0.25, 0.3) is 5.91 Å². The molecule has 2 aromatic rings. The molecule has 1 N–H and O–H groups in total. The van der Waals surface area contributed by atoms with Gasteiger partial charge in [-0.15, -0.1) is 0 Å². The van der Waals surface area contributed by atoms with Gasteiger partial charge in [0.1, 0.15) is 4.32 Å². The Hall–Kier alpha value is -2.68. The summed E-state index contributed by atoms with van der Waals surface area (Å²) in [7, 11) is 0. The van der Waals surface area contributed by atoms with Crippen molar-refractivity contribution in [3.63, 3.8) is 0 Å². The van der Waals surface area contributed by atoms with Crippen molar-refractivity contribution in [3.05, 3.63) is 69.6 Å². The third kappa shape index (κ3) is 7.41. The molecule has 0 aliphatic carbocycles. The average Bonchev–Trinajstić information content (AvgIpc) is 3.08. The molecule has 6 nitrogen and oxygen atoms in total. The number of thiocarbonyl (C=S) groups is 1. The topological polar surface area (TPSA) is 75.7 Å². The number of hydrogen-bond donors (Lipinski definition) is 1. The largest absolute Gasteiger partial charge is 0.462 e. The molecule has 0 aromatic heterocycles. The maximum absolute atomic E-state index is 12.7. The van der Waals surface area contributed by atoms with E-state index in [4.69, 9.17) is 28.6 Å². The van der Waals surface area contributed by atoms with E-state index >= 15 is 0 Å². The number of carbonyl (C=O) groups excluding carboxylic acids is 3. The zero-order valence-electron chi connectivity index (χ0n) is 18.7. The Morgan fingerprint density at radius 2 is 1.82 bits per heavy atom. The van der Waals surface area contributed by atoms with Gasteiger partial charge in [0.2, 0.25) is 5.91 Å². The number of rotatable bonds is 10. The fraction of sp³-hybridized carbons (Fsp3) is 0.280. The van der Waals surface area contributed by atoms with Crippen LogP contribution in [0.25, 0.3) is 6.08 Å². The Morgan fingerprint density at radius 3 is 2.50 bits per heavy atom. The van der Waals surface area contributed by atoms with Crippen LogP contribution in [0.3, 0.4) is 0 Å². The van der Waals surface area contributed by atoms with Crippen LogP contribution in [0.5, 0.6) is 0 Å². The smallest absolute Gasteiger partial charge is 0.338 e. The third-order valence-electron chi connectivity index (χ3n) is 4.96. The number of nitrogens with one attached hydrogen (secondary N) is 1. The molecule has 34 heavy (non-hydrogen) atoms. The summed E-state index contributed by atoms with van der Waals surface area (Å²) >= 11 is 12.5. The summed E-state index contributed by atoms with van der Waals surface area (Å²) in [6, 6.07) is 13.8. The van der Waals surface area contributed by atoms with Crippen molar-refractivity contribution in [3.8, 4) is 0 Å². The predicted octanol–water partition coefficient (Wildman–Crippen LogP) is 5.92. The Kier molecular flexibility index (Phi) is 9.68. The van der Waals surface area contributed by atoms with Gasteiger partial charge in [0, 0.05) is 23.7 Å². The quantitative estimate of drug-likeness (QED) is 0.183. The summed E-state index contributed by atoms with van der Waals surface area (Å²) in [4.78, 5) is 39.0. The summed E-state index contributed by atoms with van der Waals surface area (Å²) in [6.07, 6.45) is 4.26. The molecule has 1 aliphatic rings. The summed E-state index contributed by atoms with van der Waals surface area (Å²) in [6.45, 7) is 2.78. The molecular weight excluding hydrogens is 492 g/mol. The Balaban J connectivity index is 1.45. The SMILES string of the molecule is CCCCOC(=O)c1ccc(NC(=O)CCCN2C(=O)/C(=C/c3ccc(Cl)cc3)SC2=S)cc1. The maximum Gasteiger partial charge on any atom is 0.338 e. The Labute approximate surface area is 213 Å². The number of benzene rings is 2. The predicted molar refractivity (Wildman–Crippen MR) is 141 cm³/mol. The van der Waals surface area contributed by atoms with Gasteiger partial charge in [-0.1, -0.05) is 61.1 Å². The fourth-order valence-electron chi connectivity index (χ4n) is 3.11. The molecule has 1 fully saturated rings. The normalized spacial score (nSPS) is 14.5. The second kappa shape index (κ2) is 12.7. The average molecular weight is 517 g/mol. The lowest BCUT2D eigenvalue weighted by molar-refractivity contribution is -0.122. The number of halogens is 1. The molecule has 0 atom stereocenters. The van der Waals surface area contributed by atoms with Crippen molar-refractivity contribution in [1.82, 2.24) is 4.90 Å². The molecule has 1 aliphatic heterocycles. The Morgan fingerprint density at radius 1 is 1.12 bits per heavy atom. The maximum atomic E-state index is 12.7. The highest BCUT2D eigenvalue weighted by Gasteiger charge is 2.31. The van der Waals surface area contributed by atoms with E-state index in [0.29, 0.717) is 45.1 Å². The van der Waals surface area contributed by atoms with Crippen LogP contribution in [0.15, 0.2) is 53.4 Å². The van der Waals surface area contributed by atoms with Gasteiger partial charge in [-0.05, 0) is 60.9 Å². The lowest BCUT2D eigenvalue weighted by Crippen LogP contribution is -2.29. The van der Waals surface area contributed by atoms with E-state index in [1.54, 1.807) is 42.5 Å². The Bertz CT molecular complexity index is 1090. The van der Waals surface area contributed by atoms with Crippen molar-refractivity contribution in [2.45, 2.75) is 32.6 Å². The zero-order chi connectivity index (χ0) is 24.5. The molecule has 0 saturated carbocycles. The lowest BCUT2D eigenvalue weighted by atomic mass is 10.2. The molecular formula is C25H25ClN2O4S2. The number of hydrogen-bond acceptors (Lipinski definition) is 6. The van der Waals surface area contributed by atoms with Crippen LogP contribution in [0.2, 0.25) is 5.02 Å². The van der Waals surface area contributed by atoms with Gasteiger partial charge in [-0.3, -0.25) is 14.5 Å². The van der Waals surface area contributed by atoms with Gasteiger partial charge in [0.05, 0.1) is 17.1 Å². The highest BCUT2D eigenvalue weighted by Crippen LogP contribution is 2.32. The molecule has 0 radical (unpaired) electrons. The van der Waals surface area contributed by atoms with Crippen LogP contribution >= 0.6 is 35.6 Å². The minimum atomic E-state index is -0.375. The van der Waals surface area contributed by atoms with Crippen molar-refractivity contribution in [1.29, 1.82) is 0 Å². The summed E-state index contributed by atoms with van der Waals surface area (Å²) in [5, 5.41) is 3.43. The number of amides is 2. The van der Waals surface area contributed by atoms with E-state index in [-0.39, 0.29) is 24.2 Å². The molecule has 9 heteroatoms. The number of unbranched alkanes of at least 4 members (excludes halogenated alkanes) is 1. The first-order valence-electron chi connectivity index (χ1n) is 11.0. The number of thioether (sulfide) groups is 1. The minimum absolute atomic E-state index is 0.160. The van der Waals surface area contributed by atoms with Gasteiger partial charge in [-0.2, -0.15) is 0 Å².